The topological polar surface area (TPSA) is 50.4 Å². The molecule has 3 atom stereocenters. The van der Waals surface area contributed by atoms with Crippen molar-refractivity contribution in [3.8, 4) is 0 Å². The molecule has 0 saturated carbocycles. The van der Waals surface area contributed by atoms with Crippen LogP contribution >= 0.6 is 11.8 Å². The maximum atomic E-state index is 11.9. The lowest BCUT2D eigenvalue weighted by molar-refractivity contribution is -0.119. The van der Waals surface area contributed by atoms with Crippen LogP contribution in [0.3, 0.4) is 0 Å². The molecule has 0 aromatic rings. The van der Waals surface area contributed by atoms with E-state index in [1.807, 2.05) is 0 Å². The summed E-state index contributed by atoms with van der Waals surface area (Å²) in [6, 6.07) is 0.873. The lowest BCUT2D eigenvalue weighted by Crippen LogP contribution is -2.47. The maximum absolute atomic E-state index is 11.9. The van der Waals surface area contributed by atoms with E-state index in [4.69, 9.17) is 4.74 Å². The van der Waals surface area contributed by atoms with Gasteiger partial charge in [-0.15, -0.1) is 11.8 Å². The zero-order valence-electron chi connectivity index (χ0n) is 11.8. The average Bonchev–Trinajstić information content (AvgIpc) is 2.40. The molecule has 0 radical (unpaired) electrons. The molecule has 1 amide bonds. The standard InChI is InChI=1S/C14H26N2O2S/c1-11-8-12(5-6-15-11)16-14(17)10-19-9-13-4-2-3-7-18-13/h11-13,15H,2-10H2,1H3,(H,16,17). The molecule has 2 fully saturated rings. The largest absolute Gasteiger partial charge is 0.377 e. The zero-order valence-corrected chi connectivity index (χ0v) is 12.6. The van der Waals surface area contributed by atoms with Crippen LogP contribution in [-0.2, 0) is 9.53 Å². The molecule has 19 heavy (non-hydrogen) atoms. The van der Waals surface area contributed by atoms with Gasteiger partial charge in [0.2, 0.25) is 5.91 Å². The summed E-state index contributed by atoms with van der Waals surface area (Å²) in [5.74, 6) is 1.70. The highest BCUT2D eigenvalue weighted by atomic mass is 32.2. The van der Waals surface area contributed by atoms with Crippen molar-refractivity contribution in [3.05, 3.63) is 0 Å². The number of amides is 1. The number of thioether (sulfide) groups is 1. The first-order valence-electron chi connectivity index (χ1n) is 7.46. The first kappa shape index (κ1) is 15.1. The Labute approximate surface area is 120 Å². The second-order valence-electron chi connectivity index (χ2n) is 5.65. The van der Waals surface area contributed by atoms with Crippen molar-refractivity contribution in [1.82, 2.24) is 10.6 Å². The minimum Gasteiger partial charge on any atom is -0.377 e. The third kappa shape index (κ3) is 5.71. The van der Waals surface area contributed by atoms with Gasteiger partial charge in [-0.2, -0.15) is 0 Å². The van der Waals surface area contributed by atoms with E-state index < -0.39 is 0 Å². The molecule has 0 spiro atoms. The predicted molar refractivity (Wildman–Crippen MR) is 79.5 cm³/mol. The highest BCUT2D eigenvalue weighted by Crippen LogP contribution is 2.17. The smallest absolute Gasteiger partial charge is 0.230 e. The second kappa shape index (κ2) is 8.12. The van der Waals surface area contributed by atoms with Crippen molar-refractivity contribution < 1.29 is 9.53 Å². The van der Waals surface area contributed by atoms with E-state index in [9.17, 15) is 4.79 Å². The van der Waals surface area contributed by atoms with E-state index >= 15 is 0 Å². The van der Waals surface area contributed by atoms with Gasteiger partial charge in [0, 0.05) is 24.4 Å². The molecule has 0 bridgehead atoms. The summed E-state index contributed by atoms with van der Waals surface area (Å²) < 4.78 is 5.66. The highest BCUT2D eigenvalue weighted by Gasteiger charge is 2.20. The quantitative estimate of drug-likeness (QED) is 0.805. The molecule has 2 saturated heterocycles. The van der Waals surface area contributed by atoms with Gasteiger partial charge >= 0.3 is 0 Å². The van der Waals surface area contributed by atoms with E-state index in [0.29, 0.717) is 23.9 Å². The van der Waals surface area contributed by atoms with Crippen LogP contribution in [0.4, 0.5) is 0 Å². The molecule has 5 heteroatoms. The fourth-order valence-corrected chi connectivity index (χ4v) is 3.67. The molecule has 0 aromatic heterocycles. The van der Waals surface area contributed by atoms with E-state index in [1.165, 1.54) is 12.8 Å². The van der Waals surface area contributed by atoms with Crippen LogP contribution in [-0.4, -0.2) is 48.8 Å². The van der Waals surface area contributed by atoms with Gasteiger partial charge in [0.1, 0.15) is 0 Å². The lowest BCUT2D eigenvalue weighted by Gasteiger charge is -2.28. The maximum Gasteiger partial charge on any atom is 0.230 e. The molecule has 2 N–H and O–H groups in total. The average molecular weight is 286 g/mol. The molecule has 3 unspecified atom stereocenters. The molecule has 2 aliphatic rings. The van der Waals surface area contributed by atoms with Crippen molar-refractivity contribution in [3.63, 3.8) is 0 Å². The number of ether oxygens (including phenoxy) is 1. The Balaban J connectivity index is 1.56. The number of rotatable bonds is 5. The fraction of sp³-hybridized carbons (Fsp3) is 0.929. The van der Waals surface area contributed by atoms with Crippen LogP contribution < -0.4 is 10.6 Å². The molecule has 0 aliphatic carbocycles. The molecule has 4 nitrogen and oxygen atoms in total. The lowest BCUT2D eigenvalue weighted by atomic mass is 10.0. The van der Waals surface area contributed by atoms with Gasteiger partial charge in [-0.05, 0) is 45.6 Å². The number of piperidine rings is 1. The minimum atomic E-state index is 0.180. The van der Waals surface area contributed by atoms with Crippen molar-refractivity contribution in [1.29, 1.82) is 0 Å². The Morgan fingerprint density at radius 2 is 2.32 bits per heavy atom. The molecular weight excluding hydrogens is 260 g/mol. The van der Waals surface area contributed by atoms with E-state index in [-0.39, 0.29) is 5.91 Å². The van der Waals surface area contributed by atoms with E-state index in [1.54, 1.807) is 11.8 Å². The summed E-state index contributed by atoms with van der Waals surface area (Å²) >= 11 is 1.70. The van der Waals surface area contributed by atoms with Crippen LogP contribution in [0.25, 0.3) is 0 Å². The molecule has 0 aromatic carbocycles. The molecule has 2 rings (SSSR count). The first-order chi connectivity index (χ1) is 9.24. The van der Waals surface area contributed by atoms with Crippen molar-refractivity contribution in [2.24, 2.45) is 0 Å². The third-order valence-electron chi connectivity index (χ3n) is 3.80. The van der Waals surface area contributed by atoms with Crippen LogP contribution in [0.5, 0.6) is 0 Å². The SMILES string of the molecule is CC1CC(NC(=O)CSCC2CCCCO2)CCN1. The Bertz CT molecular complexity index is 283. The minimum absolute atomic E-state index is 0.180. The Morgan fingerprint density at radius 1 is 1.42 bits per heavy atom. The molecule has 110 valence electrons. The summed E-state index contributed by atoms with van der Waals surface area (Å²) in [5.41, 5.74) is 0. The van der Waals surface area contributed by atoms with Gasteiger partial charge in [-0.25, -0.2) is 0 Å². The summed E-state index contributed by atoms with van der Waals surface area (Å²) in [7, 11) is 0. The summed E-state index contributed by atoms with van der Waals surface area (Å²) in [6.07, 6.45) is 6.07. The number of carbonyl (C=O) groups excluding carboxylic acids is 1. The second-order valence-corrected chi connectivity index (χ2v) is 6.68. The monoisotopic (exact) mass is 286 g/mol. The Kier molecular flexibility index (Phi) is 6.47. The third-order valence-corrected chi connectivity index (χ3v) is 4.87. The van der Waals surface area contributed by atoms with E-state index in [2.05, 4.69) is 17.6 Å². The Hall–Kier alpha value is -0.260. The van der Waals surface area contributed by atoms with Crippen LogP contribution in [0, 0.1) is 0 Å². The van der Waals surface area contributed by atoms with Gasteiger partial charge in [0.25, 0.3) is 0 Å². The number of nitrogens with one attached hydrogen (secondary N) is 2. The Morgan fingerprint density at radius 3 is 3.05 bits per heavy atom. The molecule has 2 aliphatic heterocycles. The number of hydrogen-bond acceptors (Lipinski definition) is 4. The van der Waals surface area contributed by atoms with Crippen LogP contribution in [0.1, 0.15) is 39.0 Å². The van der Waals surface area contributed by atoms with Gasteiger partial charge in [0.15, 0.2) is 0 Å². The predicted octanol–water partition coefficient (Wildman–Crippen LogP) is 1.55. The van der Waals surface area contributed by atoms with Gasteiger partial charge in [0.05, 0.1) is 11.9 Å². The van der Waals surface area contributed by atoms with Crippen molar-refractivity contribution in [2.75, 3.05) is 24.7 Å². The van der Waals surface area contributed by atoms with Gasteiger partial charge < -0.3 is 15.4 Å². The first-order valence-corrected chi connectivity index (χ1v) is 8.61. The highest BCUT2D eigenvalue weighted by molar-refractivity contribution is 7.99. The zero-order chi connectivity index (χ0) is 13.5. The van der Waals surface area contributed by atoms with Crippen molar-refractivity contribution >= 4 is 17.7 Å². The summed E-state index contributed by atoms with van der Waals surface area (Å²) in [5, 5.41) is 6.54. The summed E-state index contributed by atoms with van der Waals surface area (Å²) in [4.78, 5) is 11.9. The molecular formula is C14H26N2O2S. The van der Waals surface area contributed by atoms with Crippen LogP contribution in [0.2, 0.25) is 0 Å². The van der Waals surface area contributed by atoms with Gasteiger partial charge in [-0.1, -0.05) is 0 Å². The van der Waals surface area contributed by atoms with Crippen LogP contribution in [0.15, 0.2) is 0 Å². The number of hydrogen-bond donors (Lipinski definition) is 2. The molecule has 2 heterocycles. The van der Waals surface area contributed by atoms with Crippen molar-refractivity contribution in [2.45, 2.75) is 57.2 Å². The fourth-order valence-electron chi connectivity index (χ4n) is 2.75. The summed E-state index contributed by atoms with van der Waals surface area (Å²) in [6.45, 7) is 4.08. The normalized spacial score (nSPS) is 31.9. The van der Waals surface area contributed by atoms with E-state index in [0.717, 1.165) is 38.2 Å². The van der Waals surface area contributed by atoms with Gasteiger partial charge in [-0.3, -0.25) is 4.79 Å². The number of carbonyl (C=O) groups is 1.